The van der Waals surface area contributed by atoms with Crippen molar-refractivity contribution in [3.05, 3.63) is 34.9 Å². The van der Waals surface area contributed by atoms with Crippen LogP contribution in [0.25, 0.3) is 0 Å². The van der Waals surface area contributed by atoms with E-state index < -0.39 is 35.1 Å². The summed E-state index contributed by atoms with van der Waals surface area (Å²) in [7, 11) is 0. The first kappa shape index (κ1) is 19.1. The fraction of sp³-hybridized carbons (Fsp3) is 0.500. The van der Waals surface area contributed by atoms with Crippen LogP contribution >= 0.6 is 12.4 Å². The Bertz CT molecular complexity index is 441. The first-order valence-corrected chi connectivity index (χ1v) is 5.61. The van der Waals surface area contributed by atoms with Crippen LogP contribution in [0.4, 0.5) is 26.3 Å². The van der Waals surface area contributed by atoms with Gasteiger partial charge in [0.05, 0.1) is 11.1 Å². The number of hydrogen-bond donors (Lipinski definition) is 1. The van der Waals surface area contributed by atoms with Crippen LogP contribution < -0.4 is 5.73 Å². The van der Waals surface area contributed by atoms with E-state index >= 15 is 0 Å². The Morgan fingerprint density at radius 3 is 2.00 bits per heavy atom. The third kappa shape index (κ3) is 4.56. The van der Waals surface area contributed by atoms with Crippen molar-refractivity contribution in [1.29, 1.82) is 0 Å². The molecule has 2 N–H and O–H groups in total. The Hall–Kier alpha value is -0.950. The van der Waals surface area contributed by atoms with Gasteiger partial charge in [-0.3, -0.25) is 0 Å². The topological polar surface area (TPSA) is 26.0 Å². The standard InChI is InChI=1S/C12H13F6N.ClH/c1-2-3-10(19)8-6-7(11(13,14)15)4-5-9(8)12(16,17)18;/h4-6,10H,2-3,19H2,1H3;1H. The van der Waals surface area contributed by atoms with E-state index in [1.165, 1.54) is 0 Å². The van der Waals surface area contributed by atoms with Crippen molar-refractivity contribution < 1.29 is 26.3 Å². The molecule has 0 bridgehead atoms. The van der Waals surface area contributed by atoms with Crippen molar-refractivity contribution in [3.8, 4) is 0 Å². The maximum Gasteiger partial charge on any atom is 0.416 e. The van der Waals surface area contributed by atoms with Crippen LogP contribution in [0, 0.1) is 0 Å². The normalized spacial score (nSPS) is 13.8. The lowest BCUT2D eigenvalue weighted by Crippen LogP contribution is -2.19. The van der Waals surface area contributed by atoms with Crippen LogP contribution in [0.15, 0.2) is 18.2 Å². The molecule has 0 amide bonds. The molecule has 1 atom stereocenters. The number of alkyl halides is 6. The van der Waals surface area contributed by atoms with Gasteiger partial charge in [-0.25, -0.2) is 0 Å². The molecule has 1 rings (SSSR count). The third-order valence-corrected chi connectivity index (χ3v) is 2.68. The largest absolute Gasteiger partial charge is 0.416 e. The van der Waals surface area contributed by atoms with Crippen molar-refractivity contribution in [2.24, 2.45) is 5.73 Å². The van der Waals surface area contributed by atoms with Crippen molar-refractivity contribution in [1.82, 2.24) is 0 Å². The van der Waals surface area contributed by atoms with Gasteiger partial charge >= 0.3 is 12.4 Å². The summed E-state index contributed by atoms with van der Waals surface area (Å²) in [5.41, 5.74) is 2.80. The third-order valence-electron chi connectivity index (χ3n) is 2.68. The van der Waals surface area contributed by atoms with Crippen molar-refractivity contribution in [2.75, 3.05) is 0 Å². The predicted octanol–water partition coefficient (Wildman–Crippen LogP) is 4.95. The van der Waals surface area contributed by atoms with Gasteiger partial charge in [0.1, 0.15) is 0 Å². The summed E-state index contributed by atoms with van der Waals surface area (Å²) < 4.78 is 75.8. The molecule has 0 spiro atoms. The highest BCUT2D eigenvalue weighted by Gasteiger charge is 2.37. The molecule has 1 aromatic carbocycles. The van der Waals surface area contributed by atoms with Gasteiger partial charge in [-0.15, -0.1) is 12.4 Å². The van der Waals surface area contributed by atoms with Crippen molar-refractivity contribution >= 4 is 12.4 Å². The lowest BCUT2D eigenvalue weighted by molar-refractivity contribution is -0.142. The Kier molecular flexibility index (Phi) is 6.35. The molecule has 0 saturated carbocycles. The van der Waals surface area contributed by atoms with Gasteiger partial charge in [-0.2, -0.15) is 26.3 Å². The van der Waals surface area contributed by atoms with Gasteiger partial charge in [0, 0.05) is 6.04 Å². The molecular formula is C12H14ClF6N. The minimum Gasteiger partial charge on any atom is -0.324 e. The van der Waals surface area contributed by atoms with E-state index in [2.05, 4.69) is 0 Å². The van der Waals surface area contributed by atoms with Crippen molar-refractivity contribution in [2.45, 2.75) is 38.2 Å². The predicted molar refractivity (Wildman–Crippen MR) is 65.5 cm³/mol. The maximum absolute atomic E-state index is 12.7. The molecule has 0 aliphatic heterocycles. The van der Waals surface area contributed by atoms with Gasteiger partial charge in [0.15, 0.2) is 0 Å². The molecule has 1 nitrogen and oxygen atoms in total. The van der Waals surface area contributed by atoms with Crippen molar-refractivity contribution in [3.63, 3.8) is 0 Å². The highest BCUT2D eigenvalue weighted by atomic mass is 35.5. The van der Waals surface area contributed by atoms with E-state index in [0.29, 0.717) is 24.6 Å². The quantitative estimate of drug-likeness (QED) is 0.784. The minimum atomic E-state index is -4.72. The average Bonchev–Trinajstić information content (AvgIpc) is 2.26. The van der Waals surface area contributed by atoms with Crippen LogP contribution in [0.1, 0.15) is 42.5 Å². The molecule has 0 radical (unpaired) electrons. The van der Waals surface area contributed by atoms with Gasteiger partial charge in [-0.1, -0.05) is 13.3 Å². The molecule has 0 aliphatic carbocycles. The zero-order valence-electron chi connectivity index (χ0n) is 10.5. The number of halogens is 7. The summed E-state index contributed by atoms with van der Waals surface area (Å²) in [5, 5.41) is 0. The average molecular weight is 322 g/mol. The van der Waals surface area contributed by atoms with Gasteiger partial charge < -0.3 is 5.73 Å². The van der Waals surface area contributed by atoms with Crippen LogP contribution in [0.5, 0.6) is 0 Å². The molecule has 20 heavy (non-hydrogen) atoms. The molecule has 1 aromatic rings. The molecule has 0 aromatic heterocycles. The lowest BCUT2D eigenvalue weighted by atomic mass is 9.95. The maximum atomic E-state index is 12.7. The lowest BCUT2D eigenvalue weighted by Gasteiger charge is -2.20. The number of rotatable bonds is 3. The van der Waals surface area contributed by atoms with E-state index in [4.69, 9.17) is 5.73 Å². The molecular weight excluding hydrogens is 308 g/mol. The second-order valence-corrected chi connectivity index (χ2v) is 4.19. The van der Waals surface area contributed by atoms with Crippen LogP contribution in [0.3, 0.4) is 0 Å². The van der Waals surface area contributed by atoms with Crippen LogP contribution in [-0.4, -0.2) is 0 Å². The van der Waals surface area contributed by atoms with E-state index in [1.807, 2.05) is 0 Å². The first-order valence-electron chi connectivity index (χ1n) is 5.61. The smallest absolute Gasteiger partial charge is 0.324 e. The van der Waals surface area contributed by atoms with E-state index in [-0.39, 0.29) is 18.8 Å². The SMILES string of the molecule is CCCC(N)c1cc(C(F)(F)F)ccc1C(F)(F)F.Cl. The summed E-state index contributed by atoms with van der Waals surface area (Å²) in [6, 6.07) is 0.283. The zero-order valence-corrected chi connectivity index (χ0v) is 11.3. The minimum absolute atomic E-state index is 0. The fourth-order valence-electron chi connectivity index (χ4n) is 1.77. The van der Waals surface area contributed by atoms with Crippen LogP contribution in [0.2, 0.25) is 0 Å². The second-order valence-electron chi connectivity index (χ2n) is 4.19. The summed E-state index contributed by atoms with van der Waals surface area (Å²) in [6.07, 6.45) is -8.74. The molecule has 0 heterocycles. The highest BCUT2D eigenvalue weighted by molar-refractivity contribution is 5.85. The van der Waals surface area contributed by atoms with Gasteiger partial charge in [0.2, 0.25) is 0 Å². The second kappa shape index (κ2) is 6.67. The summed E-state index contributed by atoms with van der Waals surface area (Å²) >= 11 is 0. The Balaban J connectivity index is 0.00000361. The van der Waals surface area contributed by atoms with Crippen LogP contribution in [-0.2, 0) is 12.4 Å². The summed E-state index contributed by atoms with van der Waals surface area (Å²) in [4.78, 5) is 0. The van der Waals surface area contributed by atoms with E-state index in [0.717, 1.165) is 0 Å². The molecule has 1 unspecified atom stereocenters. The Morgan fingerprint density at radius 2 is 1.60 bits per heavy atom. The number of benzene rings is 1. The molecule has 0 aliphatic rings. The zero-order chi connectivity index (χ0) is 14.8. The van der Waals surface area contributed by atoms with Gasteiger partial charge in [0.25, 0.3) is 0 Å². The highest BCUT2D eigenvalue weighted by Crippen LogP contribution is 2.38. The first-order chi connectivity index (χ1) is 8.57. The van der Waals surface area contributed by atoms with E-state index in [1.54, 1.807) is 6.92 Å². The summed E-state index contributed by atoms with van der Waals surface area (Å²) in [6.45, 7) is 1.70. The molecule has 0 saturated heterocycles. The Morgan fingerprint density at radius 1 is 1.05 bits per heavy atom. The fourth-order valence-corrected chi connectivity index (χ4v) is 1.77. The molecule has 116 valence electrons. The summed E-state index contributed by atoms with van der Waals surface area (Å²) in [5.74, 6) is 0. The van der Waals surface area contributed by atoms with Gasteiger partial charge in [-0.05, 0) is 30.2 Å². The Labute approximate surface area is 118 Å². The molecule has 8 heteroatoms. The number of hydrogen-bond acceptors (Lipinski definition) is 1. The monoisotopic (exact) mass is 321 g/mol. The number of nitrogens with two attached hydrogens (primary N) is 1. The molecule has 0 fully saturated rings. The van der Waals surface area contributed by atoms with E-state index in [9.17, 15) is 26.3 Å².